The van der Waals surface area contributed by atoms with Crippen LogP contribution in [0.15, 0.2) is 24.3 Å². The van der Waals surface area contributed by atoms with Crippen molar-refractivity contribution in [1.82, 2.24) is 15.1 Å². The summed E-state index contributed by atoms with van der Waals surface area (Å²) in [4.78, 5) is 0. The Balaban J connectivity index is 2.31. The first-order chi connectivity index (χ1) is 9.13. The van der Waals surface area contributed by atoms with Gasteiger partial charge in [0.15, 0.2) is 0 Å². The maximum atomic E-state index is 6.04. The Bertz CT molecular complexity index is 566. The van der Waals surface area contributed by atoms with Crippen molar-refractivity contribution in [3.05, 3.63) is 39.1 Å². The number of hydrogen-bond acceptors (Lipinski definition) is 3. The number of benzene rings is 1. The highest BCUT2D eigenvalue weighted by Gasteiger charge is 2.15. The molecule has 19 heavy (non-hydrogen) atoms. The number of halogens is 1. The minimum atomic E-state index is 0.773. The standard InChI is InChI=1S/C14H18IN3O/c1-4-16-9-11-10(2)17-18(3)14(11)19-13-8-6-5-7-12(13)15/h5-8,16H,4,9H2,1-3H3. The first-order valence-corrected chi connectivity index (χ1v) is 7.37. The lowest BCUT2D eigenvalue weighted by Crippen LogP contribution is -2.13. The van der Waals surface area contributed by atoms with Gasteiger partial charge in [-0.25, -0.2) is 4.68 Å². The third kappa shape index (κ3) is 3.27. The van der Waals surface area contributed by atoms with Gasteiger partial charge in [-0.05, 0) is 48.2 Å². The molecule has 2 aromatic rings. The summed E-state index contributed by atoms with van der Waals surface area (Å²) in [5, 5.41) is 7.76. The van der Waals surface area contributed by atoms with E-state index in [-0.39, 0.29) is 0 Å². The summed E-state index contributed by atoms with van der Waals surface area (Å²) in [6, 6.07) is 7.98. The summed E-state index contributed by atoms with van der Waals surface area (Å²) in [6.45, 7) is 5.80. The molecule has 0 saturated carbocycles. The lowest BCUT2D eigenvalue weighted by molar-refractivity contribution is 0.421. The van der Waals surface area contributed by atoms with Crippen LogP contribution in [0.1, 0.15) is 18.2 Å². The summed E-state index contributed by atoms with van der Waals surface area (Å²) in [5.41, 5.74) is 2.12. The number of hydrogen-bond donors (Lipinski definition) is 1. The van der Waals surface area contributed by atoms with E-state index in [9.17, 15) is 0 Å². The highest BCUT2D eigenvalue weighted by atomic mass is 127. The smallest absolute Gasteiger partial charge is 0.222 e. The van der Waals surface area contributed by atoms with Crippen LogP contribution in [-0.2, 0) is 13.6 Å². The Morgan fingerprint density at radius 1 is 1.37 bits per heavy atom. The van der Waals surface area contributed by atoms with Crippen LogP contribution < -0.4 is 10.1 Å². The van der Waals surface area contributed by atoms with Gasteiger partial charge in [-0.2, -0.15) is 5.10 Å². The minimum absolute atomic E-state index is 0.773. The highest BCUT2D eigenvalue weighted by molar-refractivity contribution is 14.1. The van der Waals surface area contributed by atoms with E-state index in [0.29, 0.717) is 0 Å². The number of nitrogens with zero attached hydrogens (tertiary/aromatic N) is 2. The molecule has 0 radical (unpaired) electrons. The van der Waals surface area contributed by atoms with Crippen molar-refractivity contribution in [2.45, 2.75) is 20.4 Å². The molecule has 1 N–H and O–H groups in total. The zero-order chi connectivity index (χ0) is 13.8. The largest absolute Gasteiger partial charge is 0.438 e. The average molecular weight is 371 g/mol. The summed E-state index contributed by atoms with van der Waals surface area (Å²) in [7, 11) is 1.91. The number of nitrogens with one attached hydrogen (secondary N) is 1. The lowest BCUT2D eigenvalue weighted by Gasteiger charge is -2.10. The molecule has 4 nitrogen and oxygen atoms in total. The van der Waals surface area contributed by atoms with E-state index in [1.165, 1.54) is 0 Å². The van der Waals surface area contributed by atoms with Crippen LogP contribution >= 0.6 is 22.6 Å². The molecule has 5 heteroatoms. The zero-order valence-electron chi connectivity index (χ0n) is 11.4. The Morgan fingerprint density at radius 2 is 2.11 bits per heavy atom. The molecule has 1 heterocycles. The molecule has 0 bridgehead atoms. The maximum Gasteiger partial charge on any atom is 0.222 e. The highest BCUT2D eigenvalue weighted by Crippen LogP contribution is 2.30. The molecule has 0 unspecified atom stereocenters. The van der Waals surface area contributed by atoms with Crippen molar-refractivity contribution >= 4 is 22.6 Å². The van der Waals surface area contributed by atoms with Gasteiger partial charge in [0.25, 0.3) is 0 Å². The number of aryl methyl sites for hydroxylation is 2. The van der Waals surface area contributed by atoms with E-state index in [1.807, 2.05) is 38.2 Å². The van der Waals surface area contributed by atoms with Gasteiger partial charge in [0.1, 0.15) is 5.75 Å². The number of ether oxygens (including phenoxy) is 1. The van der Waals surface area contributed by atoms with Crippen molar-refractivity contribution in [3.8, 4) is 11.6 Å². The fourth-order valence-electron chi connectivity index (χ4n) is 1.89. The molecule has 1 aromatic heterocycles. The van der Waals surface area contributed by atoms with Gasteiger partial charge >= 0.3 is 0 Å². The average Bonchev–Trinajstić information content (AvgIpc) is 2.65. The molecule has 0 saturated heterocycles. The summed E-state index contributed by atoms with van der Waals surface area (Å²) >= 11 is 2.28. The molecular formula is C14H18IN3O. The Kier molecular flexibility index (Phi) is 4.81. The predicted octanol–water partition coefficient (Wildman–Crippen LogP) is 3.23. The summed E-state index contributed by atoms with van der Waals surface area (Å²) < 4.78 is 8.93. The topological polar surface area (TPSA) is 39.1 Å². The molecule has 0 aliphatic rings. The molecule has 2 rings (SSSR count). The second kappa shape index (κ2) is 6.38. The number of aromatic nitrogens is 2. The molecule has 0 aliphatic heterocycles. The van der Waals surface area contributed by atoms with Crippen LogP contribution in [0.4, 0.5) is 0 Å². The van der Waals surface area contributed by atoms with E-state index in [4.69, 9.17) is 4.74 Å². The third-order valence-corrected chi connectivity index (χ3v) is 3.78. The van der Waals surface area contributed by atoms with Crippen LogP contribution in [0.5, 0.6) is 11.6 Å². The number of rotatable bonds is 5. The van der Waals surface area contributed by atoms with Crippen molar-refractivity contribution in [3.63, 3.8) is 0 Å². The molecule has 0 atom stereocenters. The van der Waals surface area contributed by atoms with E-state index in [0.717, 1.165) is 39.5 Å². The van der Waals surface area contributed by atoms with Gasteiger partial charge in [0.2, 0.25) is 5.88 Å². The van der Waals surface area contributed by atoms with Crippen LogP contribution in [0, 0.1) is 10.5 Å². The monoisotopic (exact) mass is 371 g/mol. The molecule has 0 amide bonds. The van der Waals surface area contributed by atoms with E-state index >= 15 is 0 Å². The number of para-hydroxylation sites is 1. The molecule has 0 fully saturated rings. The molecular weight excluding hydrogens is 353 g/mol. The minimum Gasteiger partial charge on any atom is -0.438 e. The van der Waals surface area contributed by atoms with Crippen LogP contribution in [0.25, 0.3) is 0 Å². The van der Waals surface area contributed by atoms with Gasteiger partial charge in [0.05, 0.1) is 14.8 Å². The predicted molar refractivity (Wildman–Crippen MR) is 84.6 cm³/mol. The van der Waals surface area contributed by atoms with E-state index < -0.39 is 0 Å². The van der Waals surface area contributed by atoms with Crippen molar-refractivity contribution in [1.29, 1.82) is 0 Å². The van der Waals surface area contributed by atoms with Gasteiger partial charge in [-0.15, -0.1) is 0 Å². The molecule has 0 aliphatic carbocycles. The van der Waals surface area contributed by atoms with Gasteiger partial charge < -0.3 is 10.1 Å². The normalized spacial score (nSPS) is 10.7. The quantitative estimate of drug-likeness (QED) is 0.821. The summed E-state index contributed by atoms with van der Waals surface area (Å²) in [5.74, 6) is 1.67. The van der Waals surface area contributed by atoms with Crippen molar-refractivity contribution in [2.75, 3.05) is 6.54 Å². The van der Waals surface area contributed by atoms with Crippen LogP contribution in [-0.4, -0.2) is 16.3 Å². The Hall–Kier alpha value is -1.08. The van der Waals surface area contributed by atoms with Crippen molar-refractivity contribution in [2.24, 2.45) is 7.05 Å². The molecule has 1 aromatic carbocycles. The fourth-order valence-corrected chi connectivity index (χ4v) is 2.39. The first-order valence-electron chi connectivity index (χ1n) is 6.29. The Morgan fingerprint density at radius 3 is 2.79 bits per heavy atom. The van der Waals surface area contributed by atoms with E-state index in [1.54, 1.807) is 4.68 Å². The first kappa shape index (κ1) is 14.3. The zero-order valence-corrected chi connectivity index (χ0v) is 13.6. The van der Waals surface area contributed by atoms with Gasteiger partial charge in [0, 0.05) is 13.6 Å². The van der Waals surface area contributed by atoms with Crippen LogP contribution in [0.2, 0.25) is 0 Å². The second-order valence-corrected chi connectivity index (χ2v) is 5.47. The summed E-state index contributed by atoms with van der Waals surface area (Å²) in [6.07, 6.45) is 0. The lowest BCUT2D eigenvalue weighted by atomic mass is 10.2. The SMILES string of the molecule is CCNCc1c(C)nn(C)c1Oc1ccccc1I. The van der Waals surface area contributed by atoms with Gasteiger partial charge in [-0.3, -0.25) is 0 Å². The second-order valence-electron chi connectivity index (χ2n) is 4.31. The van der Waals surface area contributed by atoms with Gasteiger partial charge in [-0.1, -0.05) is 19.1 Å². The fraction of sp³-hybridized carbons (Fsp3) is 0.357. The maximum absolute atomic E-state index is 6.04. The van der Waals surface area contributed by atoms with Crippen molar-refractivity contribution < 1.29 is 4.74 Å². The van der Waals surface area contributed by atoms with E-state index in [2.05, 4.69) is 39.9 Å². The van der Waals surface area contributed by atoms with Crippen LogP contribution in [0.3, 0.4) is 0 Å². The third-order valence-electron chi connectivity index (χ3n) is 2.88. The Labute approximate surface area is 127 Å². The molecule has 102 valence electrons. The molecule has 0 spiro atoms.